The Bertz CT molecular complexity index is 599. The van der Waals surface area contributed by atoms with Crippen molar-refractivity contribution in [3.63, 3.8) is 0 Å². The lowest BCUT2D eigenvalue weighted by Crippen LogP contribution is -2.41. The fourth-order valence-corrected chi connectivity index (χ4v) is 2.01. The Balaban J connectivity index is 2.00. The van der Waals surface area contributed by atoms with E-state index >= 15 is 0 Å². The van der Waals surface area contributed by atoms with E-state index < -0.39 is 11.8 Å². The molecule has 0 atom stereocenters. The fourth-order valence-electron chi connectivity index (χ4n) is 1.11. The SMILES string of the molecule is O=C(NNC(=O)c1csnn1)c1cc(Cl)nc(Cl)c1. The van der Waals surface area contributed by atoms with E-state index in [-0.39, 0.29) is 21.6 Å². The number of nitrogens with zero attached hydrogens (tertiary/aromatic N) is 3. The van der Waals surface area contributed by atoms with Gasteiger partial charge in [-0.2, -0.15) is 0 Å². The minimum absolute atomic E-state index is 0.0766. The van der Waals surface area contributed by atoms with Crippen LogP contribution in [0.15, 0.2) is 17.5 Å². The molecule has 19 heavy (non-hydrogen) atoms. The highest BCUT2D eigenvalue weighted by molar-refractivity contribution is 7.03. The van der Waals surface area contributed by atoms with Gasteiger partial charge in [-0.15, -0.1) is 5.10 Å². The molecular weight excluding hydrogens is 313 g/mol. The van der Waals surface area contributed by atoms with E-state index in [0.717, 1.165) is 11.5 Å². The van der Waals surface area contributed by atoms with Gasteiger partial charge in [0.25, 0.3) is 11.8 Å². The average Bonchev–Trinajstić information content (AvgIpc) is 2.88. The predicted octanol–water partition coefficient (Wildman–Crippen LogP) is 1.31. The molecule has 2 rings (SSSR count). The number of carbonyl (C=O) groups is 2. The molecule has 0 aliphatic carbocycles. The van der Waals surface area contributed by atoms with Gasteiger partial charge < -0.3 is 0 Å². The zero-order valence-corrected chi connectivity index (χ0v) is 11.4. The molecule has 2 aromatic heterocycles. The normalized spacial score (nSPS) is 10.0. The molecular formula is C9H5Cl2N5O2S. The number of hydrogen-bond acceptors (Lipinski definition) is 6. The van der Waals surface area contributed by atoms with Gasteiger partial charge in [0.05, 0.1) is 0 Å². The van der Waals surface area contributed by atoms with Crippen LogP contribution in [0.4, 0.5) is 0 Å². The number of carbonyl (C=O) groups excluding carboxylic acids is 2. The summed E-state index contributed by atoms with van der Waals surface area (Å²) in [5.41, 5.74) is 4.65. The average molecular weight is 318 g/mol. The van der Waals surface area contributed by atoms with Crippen LogP contribution in [0.1, 0.15) is 20.8 Å². The molecule has 0 fully saturated rings. The van der Waals surface area contributed by atoms with Gasteiger partial charge >= 0.3 is 0 Å². The predicted molar refractivity (Wildman–Crippen MR) is 69.1 cm³/mol. The lowest BCUT2D eigenvalue weighted by Gasteiger charge is -2.06. The van der Waals surface area contributed by atoms with Crippen molar-refractivity contribution in [2.45, 2.75) is 0 Å². The molecule has 2 N–H and O–H groups in total. The summed E-state index contributed by atoms with van der Waals surface area (Å²) < 4.78 is 3.53. The molecule has 0 radical (unpaired) electrons. The van der Waals surface area contributed by atoms with E-state index in [2.05, 4.69) is 25.4 Å². The molecule has 2 amide bonds. The lowest BCUT2D eigenvalue weighted by molar-refractivity contribution is 0.0844. The standard InChI is InChI=1S/C9H5Cl2N5O2S/c10-6-1-4(2-7(11)12-6)8(17)14-15-9(18)5-3-19-16-13-5/h1-3H,(H,14,17)(H,15,18). The minimum Gasteiger partial charge on any atom is -0.267 e. The Labute approximate surface area is 121 Å². The van der Waals surface area contributed by atoms with Crippen LogP contribution >= 0.6 is 34.7 Å². The van der Waals surface area contributed by atoms with Gasteiger partial charge in [0, 0.05) is 10.9 Å². The summed E-state index contributed by atoms with van der Waals surface area (Å²) in [6.45, 7) is 0. The smallest absolute Gasteiger partial charge is 0.267 e. The number of pyridine rings is 1. The molecule has 2 aromatic rings. The number of hydrogen-bond donors (Lipinski definition) is 2. The highest BCUT2D eigenvalue weighted by atomic mass is 35.5. The van der Waals surface area contributed by atoms with Crippen molar-refractivity contribution in [1.82, 2.24) is 25.4 Å². The van der Waals surface area contributed by atoms with Crippen molar-refractivity contribution in [2.24, 2.45) is 0 Å². The van der Waals surface area contributed by atoms with Gasteiger partial charge in [-0.05, 0) is 23.7 Å². The largest absolute Gasteiger partial charge is 0.291 e. The summed E-state index contributed by atoms with van der Waals surface area (Å²) in [7, 11) is 0. The van der Waals surface area contributed by atoms with Crippen LogP contribution in [0, 0.1) is 0 Å². The van der Waals surface area contributed by atoms with Gasteiger partial charge in [-0.3, -0.25) is 20.4 Å². The van der Waals surface area contributed by atoms with Gasteiger partial charge in [-0.25, -0.2) is 4.98 Å². The van der Waals surface area contributed by atoms with Crippen molar-refractivity contribution in [3.8, 4) is 0 Å². The molecule has 0 saturated carbocycles. The van der Waals surface area contributed by atoms with Crippen LogP contribution in [-0.2, 0) is 0 Å². The second-order valence-electron chi connectivity index (χ2n) is 3.20. The Morgan fingerprint density at radius 2 is 1.74 bits per heavy atom. The maximum absolute atomic E-state index is 11.7. The first-order valence-corrected chi connectivity index (χ1v) is 6.36. The molecule has 0 aliphatic rings. The number of aromatic nitrogens is 3. The van der Waals surface area contributed by atoms with E-state index in [1.165, 1.54) is 17.5 Å². The first-order valence-electron chi connectivity index (χ1n) is 4.77. The third kappa shape index (κ3) is 3.60. The van der Waals surface area contributed by atoms with Crippen LogP contribution in [0.2, 0.25) is 10.3 Å². The van der Waals surface area contributed by atoms with E-state index in [0.29, 0.717) is 0 Å². The van der Waals surface area contributed by atoms with Crippen molar-refractivity contribution in [3.05, 3.63) is 39.1 Å². The van der Waals surface area contributed by atoms with Gasteiger partial charge in [0.15, 0.2) is 5.69 Å². The Morgan fingerprint density at radius 1 is 1.11 bits per heavy atom. The second-order valence-corrected chi connectivity index (χ2v) is 4.58. The number of hydrazine groups is 1. The molecule has 0 unspecified atom stereocenters. The highest BCUT2D eigenvalue weighted by Crippen LogP contribution is 2.14. The van der Waals surface area contributed by atoms with Crippen LogP contribution < -0.4 is 10.9 Å². The summed E-state index contributed by atoms with van der Waals surface area (Å²) >= 11 is 12.3. The molecule has 0 spiro atoms. The molecule has 0 aromatic carbocycles. The summed E-state index contributed by atoms with van der Waals surface area (Å²) in [6, 6.07) is 2.64. The van der Waals surface area contributed by atoms with Crippen molar-refractivity contribution >= 4 is 46.5 Å². The molecule has 0 bridgehead atoms. The third-order valence-electron chi connectivity index (χ3n) is 1.91. The molecule has 7 nitrogen and oxygen atoms in total. The van der Waals surface area contributed by atoms with Gasteiger partial charge in [0.2, 0.25) is 0 Å². The minimum atomic E-state index is -0.581. The van der Waals surface area contributed by atoms with Crippen LogP contribution in [0.3, 0.4) is 0 Å². The van der Waals surface area contributed by atoms with Crippen LogP contribution in [-0.4, -0.2) is 26.4 Å². The lowest BCUT2D eigenvalue weighted by atomic mass is 10.2. The number of amides is 2. The summed E-state index contributed by atoms with van der Waals surface area (Å²) in [4.78, 5) is 26.9. The number of rotatable bonds is 2. The van der Waals surface area contributed by atoms with E-state index in [4.69, 9.17) is 23.2 Å². The van der Waals surface area contributed by atoms with Crippen molar-refractivity contribution < 1.29 is 9.59 Å². The second kappa shape index (κ2) is 5.91. The quantitative estimate of drug-likeness (QED) is 0.643. The highest BCUT2D eigenvalue weighted by Gasteiger charge is 2.12. The van der Waals surface area contributed by atoms with E-state index in [9.17, 15) is 9.59 Å². The third-order valence-corrected chi connectivity index (χ3v) is 2.80. The van der Waals surface area contributed by atoms with Crippen molar-refractivity contribution in [2.75, 3.05) is 0 Å². The summed E-state index contributed by atoms with van der Waals surface area (Å²) in [5, 5.41) is 5.15. The fraction of sp³-hybridized carbons (Fsp3) is 0. The molecule has 0 saturated heterocycles. The molecule has 2 heterocycles. The maximum atomic E-state index is 11.7. The summed E-state index contributed by atoms with van der Waals surface area (Å²) in [6.07, 6.45) is 0. The Hall–Kier alpha value is -1.77. The topological polar surface area (TPSA) is 96.9 Å². The molecule has 98 valence electrons. The Morgan fingerprint density at radius 3 is 2.32 bits per heavy atom. The number of halogens is 2. The zero-order chi connectivity index (χ0) is 13.8. The molecule has 10 heteroatoms. The van der Waals surface area contributed by atoms with Gasteiger partial charge in [-0.1, -0.05) is 27.7 Å². The van der Waals surface area contributed by atoms with Crippen LogP contribution in [0.25, 0.3) is 0 Å². The summed E-state index contributed by atoms with van der Waals surface area (Å²) in [5.74, 6) is -1.16. The van der Waals surface area contributed by atoms with Crippen LogP contribution in [0.5, 0.6) is 0 Å². The van der Waals surface area contributed by atoms with Crippen molar-refractivity contribution in [1.29, 1.82) is 0 Å². The number of nitrogens with one attached hydrogen (secondary N) is 2. The first-order chi connectivity index (χ1) is 9.06. The van der Waals surface area contributed by atoms with Gasteiger partial charge in [0.1, 0.15) is 10.3 Å². The van der Waals surface area contributed by atoms with E-state index in [1.807, 2.05) is 0 Å². The monoisotopic (exact) mass is 317 g/mol. The first kappa shape index (κ1) is 13.7. The maximum Gasteiger partial charge on any atom is 0.291 e. The zero-order valence-electron chi connectivity index (χ0n) is 9.05. The van der Waals surface area contributed by atoms with E-state index in [1.54, 1.807) is 0 Å². The molecule has 0 aliphatic heterocycles. The Kier molecular flexibility index (Phi) is 4.25.